The minimum absolute atomic E-state index is 0.109. The lowest BCUT2D eigenvalue weighted by Gasteiger charge is -2.38. The third kappa shape index (κ3) is 3.99. The summed E-state index contributed by atoms with van der Waals surface area (Å²) in [6, 6.07) is 16.1. The third-order valence-electron chi connectivity index (χ3n) is 5.96. The molecule has 1 fully saturated rings. The van der Waals surface area contributed by atoms with E-state index >= 15 is 0 Å². The summed E-state index contributed by atoms with van der Waals surface area (Å²) < 4.78 is 14.6. The average Bonchev–Trinajstić information content (AvgIpc) is 3.25. The van der Waals surface area contributed by atoms with Gasteiger partial charge in [0.25, 0.3) is 0 Å². The number of amides is 2. The van der Waals surface area contributed by atoms with Crippen LogP contribution in [0.3, 0.4) is 0 Å². The molecule has 0 radical (unpaired) electrons. The quantitative estimate of drug-likeness (QED) is 0.428. The van der Waals surface area contributed by atoms with Crippen LogP contribution in [0.25, 0.3) is 22.2 Å². The molecule has 0 atom stereocenters. The molecule has 5 rings (SSSR count). The summed E-state index contributed by atoms with van der Waals surface area (Å²) in [6.07, 6.45) is 3.46. The number of nitrogens with one attached hydrogen (secondary N) is 2. The van der Waals surface area contributed by atoms with Crippen molar-refractivity contribution < 1.29 is 13.7 Å². The molecule has 6 nitrogen and oxygen atoms in total. The molecule has 2 N–H and O–H groups in total. The molecule has 1 aliphatic rings. The second-order valence-electron chi connectivity index (χ2n) is 7.95. The van der Waals surface area contributed by atoms with Gasteiger partial charge in [0, 0.05) is 46.1 Å². The van der Waals surface area contributed by atoms with Crippen LogP contribution in [0.15, 0.2) is 67.0 Å². The monoisotopic (exact) mass is 448 g/mol. The van der Waals surface area contributed by atoms with Crippen LogP contribution in [-0.2, 0) is 6.54 Å². The lowest BCUT2D eigenvalue weighted by molar-refractivity contribution is -0.858. The van der Waals surface area contributed by atoms with E-state index in [-0.39, 0.29) is 16.3 Å². The number of carbonyl (C=O) groups excluding carboxylic acids is 1. The van der Waals surface area contributed by atoms with Gasteiger partial charge in [-0.2, -0.15) is 16.9 Å². The van der Waals surface area contributed by atoms with Crippen molar-refractivity contribution in [2.75, 3.05) is 29.9 Å². The number of benzene rings is 2. The Bertz CT molecular complexity index is 1250. The Labute approximate surface area is 189 Å². The number of hydrogen-bond acceptors (Lipinski definition) is 4. The fourth-order valence-electron chi connectivity index (χ4n) is 4.14. The summed E-state index contributed by atoms with van der Waals surface area (Å²) in [4.78, 5) is 17.6. The number of hydrogen-bond donors (Lipinski definition) is 2. The number of H-pyrrole nitrogens is 1. The minimum Gasteiger partial charge on any atom is -0.277 e. The number of halogens is 1. The highest BCUT2D eigenvalue weighted by molar-refractivity contribution is 7.99. The molecule has 1 aliphatic heterocycles. The largest absolute Gasteiger partial charge is 0.421 e. The number of nitrogens with zero attached hydrogens (tertiary/aromatic N) is 3. The lowest BCUT2D eigenvalue weighted by Crippen LogP contribution is -2.58. The van der Waals surface area contributed by atoms with E-state index in [0.29, 0.717) is 30.9 Å². The Morgan fingerprint density at radius 1 is 1.09 bits per heavy atom. The fraction of sp³-hybridized carbons (Fsp3) is 0.208. The maximum Gasteiger partial charge on any atom is 0.421 e. The first-order valence-electron chi connectivity index (χ1n) is 10.5. The number of aromatic nitrogens is 3. The molecule has 2 aromatic heterocycles. The first kappa shape index (κ1) is 20.7. The second kappa shape index (κ2) is 8.72. The van der Waals surface area contributed by atoms with Crippen LogP contribution in [0.4, 0.5) is 14.9 Å². The van der Waals surface area contributed by atoms with Crippen molar-refractivity contribution in [2.24, 2.45) is 0 Å². The van der Waals surface area contributed by atoms with Crippen molar-refractivity contribution in [1.82, 2.24) is 15.2 Å². The molecule has 0 unspecified atom stereocenters. The predicted octanol–water partition coefficient (Wildman–Crippen LogP) is 5.06. The maximum absolute atomic E-state index is 14.4. The van der Waals surface area contributed by atoms with Crippen LogP contribution in [0.1, 0.15) is 5.56 Å². The molecule has 0 aliphatic carbocycles. The van der Waals surface area contributed by atoms with Gasteiger partial charge < -0.3 is 0 Å². The Morgan fingerprint density at radius 3 is 2.66 bits per heavy atom. The van der Waals surface area contributed by atoms with E-state index in [1.165, 1.54) is 6.07 Å². The van der Waals surface area contributed by atoms with Gasteiger partial charge in [0.05, 0.1) is 18.6 Å². The number of carbonyl (C=O) groups is 1. The summed E-state index contributed by atoms with van der Waals surface area (Å²) in [5.74, 6) is 1.47. The smallest absolute Gasteiger partial charge is 0.277 e. The fourth-order valence-corrected chi connectivity index (χ4v) is 5.30. The summed E-state index contributed by atoms with van der Waals surface area (Å²) in [5, 5.41) is 11.5. The Morgan fingerprint density at radius 2 is 1.88 bits per heavy atom. The van der Waals surface area contributed by atoms with Crippen molar-refractivity contribution in [1.29, 1.82) is 0 Å². The van der Waals surface area contributed by atoms with Crippen molar-refractivity contribution in [3.05, 3.63) is 78.4 Å². The summed E-state index contributed by atoms with van der Waals surface area (Å²) in [5.41, 5.74) is 3.91. The van der Waals surface area contributed by atoms with Crippen molar-refractivity contribution in [3.63, 3.8) is 0 Å². The Hall–Kier alpha value is -3.23. The zero-order chi connectivity index (χ0) is 22.0. The molecule has 3 heterocycles. The van der Waals surface area contributed by atoms with Crippen LogP contribution in [0, 0.1) is 5.82 Å². The number of pyridine rings is 1. The summed E-state index contributed by atoms with van der Waals surface area (Å²) in [7, 11) is 0. The van der Waals surface area contributed by atoms with Gasteiger partial charge in [-0.05, 0) is 36.4 Å². The van der Waals surface area contributed by atoms with Gasteiger partial charge in [-0.25, -0.2) is 13.7 Å². The first-order chi connectivity index (χ1) is 15.6. The van der Waals surface area contributed by atoms with E-state index in [1.54, 1.807) is 24.5 Å². The normalized spacial score (nSPS) is 15.5. The topological polar surface area (TPSA) is 70.7 Å². The van der Waals surface area contributed by atoms with E-state index in [0.717, 1.165) is 33.7 Å². The van der Waals surface area contributed by atoms with Crippen LogP contribution < -0.4 is 5.32 Å². The number of rotatable bonds is 4. The van der Waals surface area contributed by atoms with Crippen LogP contribution >= 0.6 is 11.8 Å². The highest BCUT2D eigenvalue weighted by Gasteiger charge is 2.39. The Kier molecular flexibility index (Phi) is 5.63. The van der Waals surface area contributed by atoms with Gasteiger partial charge in [-0.15, -0.1) is 0 Å². The molecule has 0 spiro atoms. The number of aromatic amines is 1. The van der Waals surface area contributed by atoms with E-state index in [9.17, 15) is 9.18 Å². The van der Waals surface area contributed by atoms with Gasteiger partial charge in [0.15, 0.2) is 0 Å². The third-order valence-corrected chi connectivity index (χ3v) is 6.90. The molecule has 4 aromatic rings. The molecule has 0 bridgehead atoms. The lowest BCUT2D eigenvalue weighted by atomic mass is 10.1. The van der Waals surface area contributed by atoms with Crippen molar-refractivity contribution >= 4 is 34.4 Å². The molecule has 1 saturated heterocycles. The van der Waals surface area contributed by atoms with Crippen LogP contribution in [0.2, 0.25) is 0 Å². The standard InChI is InChI=1S/C24H22FN5OS/c25-21-4-2-1-3-18(21)16-30(11-13-32-14-12-30)24(31)27-19-5-6-22-20(15-19)23(29-28-22)17-7-9-26-10-8-17/h1-10,15H,11-14,16H2,(H-,26,27,28,29,31)/p+1. The SMILES string of the molecule is O=C(Nc1ccc2[nH]nc(-c3ccncc3)c2c1)[N+]1(Cc2ccccc2F)CCSCC1. The molecule has 162 valence electrons. The van der Waals surface area contributed by atoms with Gasteiger partial charge in [0.1, 0.15) is 18.1 Å². The first-order valence-corrected chi connectivity index (χ1v) is 11.7. The predicted molar refractivity (Wildman–Crippen MR) is 126 cm³/mol. The Balaban J connectivity index is 1.45. The van der Waals surface area contributed by atoms with Gasteiger partial charge >= 0.3 is 6.03 Å². The number of anilines is 1. The summed E-state index contributed by atoms with van der Waals surface area (Å²) >= 11 is 1.83. The van der Waals surface area contributed by atoms with Crippen LogP contribution in [-0.4, -0.2) is 50.3 Å². The van der Waals surface area contributed by atoms with Gasteiger partial charge in [-0.3, -0.25) is 15.4 Å². The average molecular weight is 449 g/mol. The summed E-state index contributed by atoms with van der Waals surface area (Å²) in [6.45, 7) is 1.68. The molecular formula is C24H23FN5OS+. The molecule has 8 heteroatoms. The maximum atomic E-state index is 14.4. The molecule has 0 saturated carbocycles. The minimum atomic E-state index is -0.266. The van der Waals surface area contributed by atoms with Crippen molar-refractivity contribution in [2.45, 2.75) is 6.54 Å². The van der Waals surface area contributed by atoms with Crippen molar-refractivity contribution in [3.8, 4) is 11.3 Å². The molecule has 2 amide bonds. The number of urea groups is 1. The molecular weight excluding hydrogens is 425 g/mol. The zero-order valence-electron chi connectivity index (χ0n) is 17.4. The van der Waals surface area contributed by atoms with Crippen LogP contribution in [0.5, 0.6) is 0 Å². The van der Waals surface area contributed by atoms with Gasteiger partial charge in [-0.1, -0.05) is 18.2 Å². The molecule has 32 heavy (non-hydrogen) atoms. The number of fused-ring (bicyclic) bond motifs is 1. The van der Waals surface area contributed by atoms with Gasteiger partial charge in [0.2, 0.25) is 0 Å². The molecule has 2 aromatic carbocycles. The van der Waals surface area contributed by atoms with E-state index < -0.39 is 0 Å². The van der Waals surface area contributed by atoms with E-state index in [4.69, 9.17) is 0 Å². The van der Waals surface area contributed by atoms with E-state index in [1.807, 2.05) is 48.2 Å². The van der Waals surface area contributed by atoms with E-state index in [2.05, 4.69) is 20.5 Å². The zero-order valence-corrected chi connectivity index (χ0v) is 18.2. The number of thioether (sulfide) groups is 1. The highest BCUT2D eigenvalue weighted by atomic mass is 32.2. The second-order valence-corrected chi connectivity index (χ2v) is 9.18. The highest BCUT2D eigenvalue weighted by Crippen LogP contribution is 2.30. The number of quaternary nitrogens is 1.